The van der Waals surface area contributed by atoms with Crippen LogP contribution in [0.15, 0.2) is 18.2 Å². The number of rotatable bonds is 4. The van der Waals surface area contributed by atoms with E-state index in [0.29, 0.717) is 13.3 Å². The molecule has 1 heterocycles. The van der Waals surface area contributed by atoms with E-state index >= 15 is 0 Å². The number of hydrogen-bond donors (Lipinski definition) is 2. The van der Waals surface area contributed by atoms with Crippen LogP contribution in [0.1, 0.15) is 18.5 Å². The minimum atomic E-state index is 0.148. The predicted octanol–water partition coefficient (Wildman–Crippen LogP) is 1.06. The number of nitrogens with one attached hydrogen (secondary N) is 1. The summed E-state index contributed by atoms with van der Waals surface area (Å²) in [5.41, 5.74) is 1.13. The summed E-state index contributed by atoms with van der Waals surface area (Å²) in [7, 11) is 0. The molecule has 0 spiro atoms. The Morgan fingerprint density at radius 1 is 1.40 bits per heavy atom. The molecule has 0 fully saturated rings. The Morgan fingerprint density at radius 2 is 2.20 bits per heavy atom. The molecule has 1 aromatic rings. The average molecular weight is 209 g/mol. The van der Waals surface area contributed by atoms with Crippen molar-refractivity contribution in [2.75, 3.05) is 19.9 Å². The lowest BCUT2D eigenvalue weighted by atomic mass is 10.1. The average Bonchev–Trinajstić information content (AvgIpc) is 2.72. The largest absolute Gasteiger partial charge is 0.454 e. The molecule has 1 aromatic carbocycles. The molecular formula is C11H15NO3. The molecule has 15 heavy (non-hydrogen) atoms. The van der Waals surface area contributed by atoms with Crippen molar-refractivity contribution in [3.63, 3.8) is 0 Å². The van der Waals surface area contributed by atoms with Crippen molar-refractivity contribution in [3.05, 3.63) is 23.8 Å². The van der Waals surface area contributed by atoms with Crippen LogP contribution in [-0.2, 0) is 0 Å². The van der Waals surface area contributed by atoms with E-state index in [-0.39, 0.29) is 12.6 Å². The van der Waals surface area contributed by atoms with Crippen LogP contribution in [0.4, 0.5) is 0 Å². The zero-order chi connectivity index (χ0) is 10.7. The first-order chi connectivity index (χ1) is 7.31. The summed E-state index contributed by atoms with van der Waals surface area (Å²) in [6, 6.07) is 6.08. The normalized spacial score (nSPS) is 15.3. The topological polar surface area (TPSA) is 50.7 Å². The molecule has 0 radical (unpaired) electrons. The van der Waals surface area contributed by atoms with E-state index in [4.69, 9.17) is 14.6 Å². The second kappa shape index (κ2) is 4.51. The SMILES string of the molecule is CC(NCCO)c1ccc2c(c1)OCO2. The Bertz CT molecular complexity index is 341. The highest BCUT2D eigenvalue weighted by Gasteiger charge is 2.15. The molecule has 1 unspecified atom stereocenters. The second-order valence-electron chi connectivity index (χ2n) is 3.51. The molecule has 4 heteroatoms. The molecule has 0 bridgehead atoms. The molecule has 1 atom stereocenters. The smallest absolute Gasteiger partial charge is 0.231 e. The monoisotopic (exact) mass is 209 g/mol. The summed E-state index contributed by atoms with van der Waals surface area (Å²) in [4.78, 5) is 0. The molecule has 4 nitrogen and oxygen atoms in total. The number of ether oxygens (including phenoxy) is 2. The fourth-order valence-electron chi connectivity index (χ4n) is 1.58. The number of aliphatic hydroxyl groups excluding tert-OH is 1. The lowest BCUT2D eigenvalue weighted by molar-refractivity contribution is 0.174. The van der Waals surface area contributed by atoms with Crippen LogP contribution >= 0.6 is 0 Å². The first kappa shape index (κ1) is 10.3. The van der Waals surface area contributed by atoms with E-state index in [2.05, 4.69) is 5.32 Å². The van der Waals surface area contributed by atoms with Crippen molar-refractivity contribution >= 4 is 0 Å². The minimum Gasteiger partial charge on any atom is -0.454 e. The van der Waals surface area contributed by atoms with Gasteiger partial charge in [0, 0.05) is 12.6 Å². The third-order valence-corrected chi connectivity index (χ3v) is 2.46. The molecular weight excluding hydrogens is 194 g/mol. The van der Waals surface area contributed by atoms with Crippen molar-refractivity contribution in [3.8, 4) is 11.5 Å². The van der Waals surface area contributed by atoms with Crippen LogP contribution in [0.2, 0.25) is 0 Å². The third-order valence-electron chi connectivity index (χ3n) is 2.46. The maximum Gasteiger partial charge on any atom is 0.231 e. The highest BCUT2D eigenvalue weighted by molar-refractivity contribution is 5.45. The molecule has 0 saturated heterocycles. The lowest BCUT2D eigenvalue weighted by Crippen LogP contribution is -2.21. The Labute approximate surface area is 88.8 Å². The predicted molar refractivity (Wildman–Crippen MR) is 56.1 cm³/mol. The zero-order valence-corrected chi connectivity index (χ0v) is 8.69. The molecule has 0 aromatic heterocycles. The Kier molecular flexibility index (Phi) is 3.08. The standard InChI is InChI=1S/C11H15NO3/c1-8(12-4-5-13)9-2-3-10-11(6-9)15-7-14-10/h2-3,6,8,12-13H,4-5,7H2,1H3. The van der Waals surface area contributed by atoms with Crippen LogP contribution in [-0.4, -0.2) is 25.1 Å². The van der Waals surface area contributed by atoms with Gasteiger partial charge in [-0.1, -0.05) is 6.07 Å². The maximum absolute atomic E-state index is 8.71. The highest BCUT2D eigenvalue weighted by atomic mass is 16.7. The summed E-state index contributed by atoms with van der Waals surface area (Å²) < 4.78 is 10.5. The lowest BCUT2D eigenvalue weighted by Gasteiger charge is -2.13. The Morgan fingerprint density at radius 3 is 3.00 bits per heavy atom. The van der Waals surface area contributed by atoms with Crippen LogP contribution in [0.5, 0.6) is 11.5 Å². The van der Waals surface area contributed by atoms with Gasteiger partial charge in [-0.3, -0.25) is 0 Å². The van der Waals surface area contributed by atoms with Gasteiger partial charge in [-0.15, -0.1) is 0 Å². The van der Waals surface area contributed by atoms with Gasteiger partial charge in [-0.05, 0) is 24.6 Å². The summed E-state index contributed by atoms with van der Waals surface area (Å²) in [6.07, 6.45) is 0. The van der Waals surface area contributed by atoms with Gasteiger partial charge < -0.3 is 19.9 Å². The Balaban J connectivity index is 2.08. The van der Waals surface area contributed by atoms with E-state index < -0.39 is 0 Å². The molecule has 0 amide bonds. The van der Waals surface area contributed by atoms with Crippen molar-refractivity contribution < 1.29 is 14.6 Å². The Hall–Kier alpha value is -1.26. The van der Waals surface area contributed by atoms with Crippen molar-refractivity contribution in [2.24, 2.45) is 0 Å². The third kappa shape index (κ3) is 2.22. The molecule has 2 rings (SSSR count). The fraction of sp³-hybridized carbons (Fsp3) is 0.455. The van der Waals surface area contributed by atoms with Crippen LogP contribution in [0, 0.1) is 0 Å². The van der Waals surface area contributed by atoms with E-state index in [1.54, 1.807) is 0 Å². The van der Waals surface area contributed by atoms with Crippen LogP contribution < -0.4 is 14.8 Å². The number of benzene rings is 1. The number of hydrogen-bond acceptors (Lipinski definition) is 4. The highest BCUT2D eigenvalue weighted by Crippen LogP contribution is 2.33. The molecule has 2 N–H and O–H groups in total. The summed E-state index contributed by atoms with van der Waals surface area (Å²) in [6.45, 7) is 3.09. The van der Waals surface area contributed by atoms with Gasteiger partial charge in [0.1, 0.15) is 0 Å². The number of aliphatic hydroxyl groups is 1. The van der Waals surface area contributed by atoms with Crippen molar-refractivity contribution in [2.45, 2.75) is 13.0 Å². The van der Waals surface area contributed by atoms with Gasteiger partial charge >= 0.3 is 0 Å². The van der Waals surface area contributed by atoms with Gasteiger partial charge in [0.25, 0.3) is 0 Å². The van der Waals surface area contributed by atoms with Gasteiger partial charge in [0.15, 0.2) is 11.5 Å². The van der Waals surface area contributed by atoms with Crippen molar-refractivity contribution in [1.29, 1.82) is 0 Å². The summed E-state index contributed by atoms with van der Waals surface area (Å²) in [5.74, 6) is 1.60. The molecule has 0 aliphatic carbocycles. The summed E-state index contributed by atoms with van der Waals surface area (Å²) in [5, 5.41) is 11.9. The van der Waals surface area contributed by atoms with E-state index in [0.717, 1.165) is 17.1 Å². The van der Waals surface area contributed by atoms with Crippen LogP contribution in [0.3, 0.4) is 0 Å². The number of fused-ring (bicyclic) bond motifs is 1. The quantitative estimate of drug-likeness (QED) is 0.778. The van der Waals surface area contributed by atoms with Gasteiger partial charge in [0.2, 0.25) is 6.79 Å². The van der Waals surface area contributed by atoms with Gasteiger partial charge in [-0.2, -0.15) is 0 Å². The first-order valence-electron chi connectivity index (χ1n) is 5.05. The zero-order valence-electron chi connectivity index (χ0n) is 8.69. The molecule has 82 valence electrons. The van der Waals surface area contributed by atoms with Gasteiger partial charge in [0.05, 0.1) is 6.61 Å². The molecule has 1 aliphatic heterocycles. The maximum atomic E-state index is 8.71. The summed E-state index contributed by atoms with van der Waals surface area (Å²) >= 11 is 0. The fourth-order valence-corrected chi connectivity index (χ4v) is 1.58. The van der Waals surface area contributed by atoms with Crippen molar-refractivity contribution in [1.82, 2.24) is 5.32 Å². The van der Waals surface area contributed by atoms with Crippen LogP contribution in [0.25, 0.3) is 0 Å². The van der Waals surface area contributed by atoms with E-state index in [1.807, 2.05) is 25.1 Å². The molecule has 0 saturated carbocycles. The van der Waals surface area contributed by atoms with E-state index in [9.17, 15) is 0 Å². The molecule has 1 aliphatic rings. The first-order valence-corrected chi connectivity index (χ1v) is 5.05. The minimum absolute atomic E-state index is 0.148. The second-order valence-corrected chi connectivity index (χ2v) is 3.51. The van der Waals surface area contributed by atoms with E-state index in [1.165, 1.54) is 0 Å². The van der Waals surface area contributed by atoms with Gasteiger partial charge in [-0.25, -0.2) is 0 Å².